The molecule has 0 atom stereocenters. The molecule has 1 heterocycles. The molecule has 1 aromatic carbocycles. The third kappa shape index (κ3) is 3.33. The summed E-state index contributed by atoms with van der Waals surface area (Å²) in [7, 11) is -3.51. The Hall–Kier alpha value is -0.630. The Morgan fingerprint density at radius 3 is 2.60 bits per heavy atom. The predicted molar refractivity (Wildman–Crippen MR) is 81.9 cm³/mol. The molecule has 8 heteroatoms. The van der Waals surface area contributed by atoms with Gasteiger partial charge in [-0.1, -0.05) is 27.5 Å². The minimum absolute atomic E-state index is 0.117. The van der Waals surface area contributed by atoms with Crippen LogP contribution in [0.3, 0.4) is 0 Å². The summed E-state index contributed by atoms with van der Waals surface area (Å²) in [6.45, 7) is 1.07. The zero-order chi connectivity index (χ0) is 14.8. The number of halogens is 2. The van der Waals surface area contributed by atoms with E-state index in [0.29, 0.717) is 23.8 Å². The summed E-state index contributed by atoms with van der Waals surface area (Å²) in [4.78, 5) is 11.5. The first-order chi connectivity index (χ1) is 9.45. The molecule has 1 saturated heterocycles. The fourth-order valence-corrected chi connectivity index (χ4v) is 3.87. The first kappa shape index (κ1) is 15.8. The van der Waals surface area contributed by atoms with E-state index in [-0.39, 0.29) is 16.1 Å². The number of sulfonamides is 1. The van der Waals surface area contributed by atoms with Gasteiger partial charge in [-0.25, -0.2) is 8.42 Å². The van der Waals surface area contributed by atoms with E-state index in [1.54, 1.807) is 0 Å². The number of nitrogens with one attached hydrogen (secondary N) is 1. The maximum atomic E-state index is 12.4. The lowest BCUT2D eigenvalue weighted by atomic mass is 10.3. The maximum Gasteiger partial charge on any atom is 0.243 e. The summed E-state index contributed by atoms with van der Waals surface area (Å²) in [5.41, 5.74) is 0.302. The van der Waals surface area contributed by atoms with Crippen LogP contribution in [-0.4, -0.2) is 37.0 Å². The number of carbonyl (C=O) groups excluding carboxylic acids is 1. The van der Waals surface area contributed by atoms with Gasteiger partial charge in [0.15, 0.2) is 0 Å². The number of alkyl halides is 1. The van der Waals surface area contributed by atoms with Crippen LogP contribution in [0.4, 0.5) is 5.69 Å². The van der Waals surface area contributed by atoms with Gasteiger partial charge >= 0.3 is 0 Å². The van der Waals surface area contributed by atoms with E-state index < -0.39 is 10.0 Å². The Labute approximate surface area is 131 Å². The van der Waals surface area contributed by atoms with Crippen molar-refractivity contribution in [1.29, 1.82) is 0 Å². The summed E-state index contributed by atoms with van der Waals surface area (Å²) in [6.07, 6.45) is 1.75. The minimum Gasteiger partial charge on any atom is -0.324 e. The first-order valence-electron chi connectivity index (χ1n) is 6.10. The highest BCUT2D eigenvalue weighted by atomic mass is 79.9. The molecule has 20 heavy (non-hydrogen) atoms. The second kappa shape index (κ2) is 6.43. The van der Waals surface area contributed by atoms with Gasteiger partial charge in [-0.3, -0.25) is 4.79 Å². The van der Waals surface area contributed by atoms with Crippen molar-refractivity contribution in [1.82, 2.24) is 4.31 Å². The number of nitrogens with zero attached hydrogens (tertiary/aromatic N) is 1. The van der Waals surface area contributed by atoms with Gasteiger partial charge in [0.1, 0.15) is 0 Å². The normalized spacial score (nSPS) is 16.3. The highest BCUT2D eigenvalue weighted by Crippen LogP contribution is 2.28. The highest BCUT2D eigenvalue weighted by Gasteiger charge is 2.27. The molecular weight excluding hydrogens is 368 g/mol. The molecule has 5 nitrogen and oxygen atoms in total. The van der Waals surface area contributed by atoms with Crippen LogP contribution in [0.15, 0.2) is 23.1 Å². The van der Waals surface area contributed by atoms with Crippen LogP contribution < -0.4 is 5.32 Å². The second-order valence-electron chi connectivity index (χ2n) is 4.43. The molecule has 1 aliphatic rings. The number of carbonyl (C=O) groups is 1. The van der Waals surface area contributed by atoms with E-state index in [4.69, 9.17) is 11.6 Å². The zero-order valence-corrected chi connectivity index (χ0v) is 13.8. The van der Waals surface area contributed by atoms with Gasteiger partial charge in [0.25, 0.3) is 0 Å². The lowest BCUT2D eigenvalue weighted by molar-refractivity contribution is -0.113. The lowest BCUT2D eigenvalue weighted by Gasteiger charge is -2.16. The molecule has 0 spiro atoms. The van der Waals surface area contributed by atoms with Crippen LogP contribution in [0.1, 0.15) is 12.8 Å². The van der Waals surface area contributed by atoms with Crippen LogP contribution in [0, 0.1) is 0 Å². The molecule has 0 radical (unpaired) electrons. The van der Waals surface area contributed by atoms with Crippen molar-refractivity contribution >= 4 is 49.1 Å². The van der Waals surface area contributed by atoms with Crippen molar-refractivity contribution in [3.63, 3.8) is 0 Å². The van der Waals surface area contributed by atoms with Gasteiger partial charge in [0.05, 0.1) is 20.9 Å². The predicted octanol–water partition coefficient (Wildman–Crippen LogP) is 2.46. The fourth-order valence-electron chi connectivity index (χ4n) is 2.02. The molecule has 110 valence electrons. The van der Waals surface area contributed by atoms with Crippen molar-refractivity contribution in [3.05, 3.63) is 23.2 Å². The number of anilines is 1. The number of hydrogen-bond acceptors (Lipinski definition) is 3. The molecule has 1 aliphatic heterocycles. The average Bonchev–Trinajstić information content (AvgIpc) is 2.95. The highest BCUT2D eigenvalue weighted by molar-refractivity contribution is 9.09. The lowest BCUT2D eigenvalue weighted by Crippen LogP contribution is -2.28. The standard InChI is InChI=1S/C12H14BrClN2O3S/c13-8-12(17)15-11-7-9(3-4-10(11)14)20(18,19)16-5-1-2-6-16/h3-4,7H,1-2,5-6,8H2,(H,15,17). The maximum absolute atomic E-state index is 12.4. The third-order valence-corrected chi connectivity index (χ3v) is 5.77. The third-order valence-electron chi connectivity index (χ3n) is 3.04. The van der Waals surface area contributed by atoms with E-state index in [1.807, 2.05) is 0 Å². The molecule has 0 saturated carbocycles. The smallest absolute Gasteiger partial charge is 0.243 e. The number of benzene rings is 1. The van der Waals surface area contributed by atoms with Crippen molar-refractivity contribution in [2.24, 2.45) is 0 Å². The van der Waals surface area contributed by atoms with Gasteiger partial charge < -0.3 is 5.32 Å². The Morgan fingerprint density at radius 1 is 1.35 bits per heavy atom. The van der Waals surface area contributed by atoms with Gasteiger partial charge in [-0.2, -0.15) is 4.31 Å². The Balaban J connectivity index is 2.33. The fraction of sp³-hybridized carbons (Fsp3) is 0.417. The SMILES string of the molecule is O=C(CBr)Nc1cc(S(=O)(=O)N2CCCC2)ccc1Cl. The minimum atomic E-state index is -3.51. The Kier molecular flexibility index (Phi) is 5.06. The molecule has 2 rings (SSSR count). The van der Waals surface area contributed by atoms with E-state index in [1.165, 1.54) is 22.5 Å². The Morgan fingerprint density at radius 2 is 2.00 bits per heavy atom. The van der Waals surface area contributed by atoms with Crippen molar-refractivity contribution in [3.8, 4) is 0 Å². The summed E-state index contributed by atoms with van der Waals surface area (Å²) in [6, 6.07) is 4.34. The number of hydrogen-bond donors (Lipinski definition) is 1. The largest absolute Gasteiger partial charge is 0.324 e. The summed E-state index contributed by atoms with van der Waals surface area (Å²) >= 11 is 9.00. The molecule has 0 unspecified atom stereocenters. The quantitative estimate of drug-likeness (QED) is 0.815. The Bertz CT molecular complexity index is 615. The van der Waals surface area contributed by atoms with Crippen LogP contribution in [0.2, 0.25) is 5.02 Å². The van der Waals surface area contributed by atoms with E-state index in [9.17, 15) is 13.2 Å². The van der Waals surface area contributed by atoms with Crippen molar-refractivity contribution in [2.45, 2.75) is 17.7 Å². The van der Waals surface area contributed by atoms with E-state index in [2.05, 4.69) is 21.2 Å². The summed E-state index contributed by atoms with van der Waals surface area (Å²) in [5.74, 6) is -0.289. The molecule has 1 amide bonds. The average molecular weight is 382 g/mol. The monoisotopic (exact) mass is 380 g/mol. The van der Waals surface area contributed by atoms with E-state index in [0.717, 1.165) is 12.8 Å². The number of amides is 1. The van der Waals surface area contributed by atoms with Gasteiger partial charge in [-0.05, 0) is 31.0 Å². The summed E-state index contributed by atoms with van der Waals surface area (Å²) in [5, 5.41) is 2.98. The van der Waals surface area contributed by atoms with Gasteiger partial charge in [0, 0.05) is 13.1 Å². The number of rotatable bonds is 4. The van der Waals surface area contributed by atoms with Gasteiger partial charge in [0.2, 0.25) is 15.9 Å². The van der Waals surface area contributed by atoms with Crippen LogP contribution >= 0.6 is 27.5 Å². The second-order valence-corrected chi connectivity index (χ2v) is 7.34. The van der Waals surface area contributed by atoms with Crippen LogP contribution in [0.25, 0.3) is 0 Å². The van der Waals surface area contributed by atoms with Gasteiger partial charge in [-0.15, -0.1) is 0 Å². The van der Waals surface area contributed by atoms with Crippen LogP contribution in [-0.2, 0) is 14.8 Å². The first-order valence-corrected chi connectivity index (χ1v) is 9.04. The molecule has 1 aromatic rings. The van der Waals surface area contributed by atoms with Crippen molar-refractivity contribution < 1.29 is 13.2 Å². The molecular formula is C12H14BrClN2O3S. The van der Waals surface area contributed by atoms with E-state index >= 15 is 0 Å². The molecule has 0 bridgehead atoms. The molecule has 1 fully saturated rings. The van der Waals surface area contributed by atoms with Crippen LogP contribution in [0.5, 0.6) is 0 Å². The topological polar surface area (TPSA) is 66.5 Å². The molecule has 1 N–H and O–H groups in total. The summed E-state index contributed by atoms with van der Waals surface area (Å²) < 4.78 is 26.3. The molecule has 0 aliphatic carbocycles. The van der Waals surface area contributed by atoms with Crippen molar-refractivity contribution in [2.75, 3.05) is 23.7 Å². The zero-order valence-electron chi connectivity index (χ0n) is 10.6. The molecule has 0 aromatic heterocycles.